The summed E-state index contributed by atoms with van der Waals surface area (Å²) in [7, 11) is 0. The van der Waals surface area contributed by atoms with Crippen molar-refractivity contribution in [2.75, 3.05) is 5.32 Å². The van der Waals surface area contributed by atoms with Gasteiger partial charge in [-0.3, -0.25) is 9.89 Å². The van der Waals surface area contributed by atoms with Gasteiger partial charge in [-0.05, 0) is 12.5 Å². The van der Waals surface area contributed by atoms with E-state index in [1.54, 1.807) is 31.2 Å². The van der Waals surface area contributed by atoms with Gasteiger partial charge in [-0.15, -0.1) is 5.10 Å². The minimum Gasteiger partial charge on any atom is -0.351 e. The summed E-state index contributed by atoms with van der Waals surface area (Å²) in [5, 5.41) is 12.7. The van der Waals surface area contributed by atoms with Crippen molar-refractivity contribution in [2.45, 2.75) is 26.6 Å². The summed E-state index contributed by atoms with van der Waals surface area (Å²) in [5.41, 5.74) is 2.47. The number of aromatic nitrogens is 5. The summed E-state index contributed by atoms with van der Waals surface area (Å²) in [6.07, 6.45) is 0.143. The lowest BCUT2D eigenvalue weighted by Gasteiger charge is -2.20. The van der Waals surface area contributed by atoms with Crippen molar-refractivity contribution in [3.05, 3.63) is 46.9 Å². The maximum atomic E-state index is 13.4. The molecule has 0 radical (unpaired) electrons. The summed E-state index contributed by atoms with van der Waals surface area (Å²) in [4.78, 5) is 25.1. The van der Waals surface area contributed by atoms with E-state index in [9.17, 15) is 9.18 Å². The molecule has 0 atom stereocenters. The number of alkyl halides is 1. The van der Waals surface area contributed by atoms with Crippen LogP contribution in [0, 0.1) is 6.92 Å². The van der Waals surface area contributed by atoms with Gasteiger partial charge in [0, 0.05) is 17.7 Å². The van der Waals surface area contributed by atoms with Crippen LogP contribution in [0.4, 0.5) is 16.2 Å². The van der Waals surface area contributed by atoms with Crippen molar-refractivity contribution in [3.8, 4) is 11.4 Å². The Kier molecular flexibility index (Phi) is 4.04. The maximum Gasteiger partial charge on any atom is 0.247 e. The number of amides is 1. The molecule has 1 aliphatic heterocycles. The molecule has 2 aromatic heterocycles. The van der Waals surface area contributed by atoms with Gasteiger partial charge in [0.15, 0.2) is 5.82 Å². The zero-order chi connectivity index (χ0) is 18.1. The van der Waals surface area contributed by atoms with Crippen LogP contribution in [0.2, 0.25) is 0 Å². The molecule has 0 unspecified atom stereocenters. The van der Waals surface area contributed by atoms with Gasteiger partial charge in [0.1, 0.15) is 18.3 Å². The number of aryl methyl sites for hydroxylation is 1. The molecule has 4 rings (SSSR count). The molecule has 0 spiro atoms. The number of nitrogens with zero attached hydrogens (tertiary/aromatic N) is 4. The summed E-state index contributed by atoms with van der Waals surface area (Å²) in [6, 6.07) is 7.02. The van der Waals surface area contributed by atoms with Crippen LogP contribution in [0.15, 0.2) is 24.3 Å². The number of carbonyl (C=O) groups excluding carboxylic acids is 1. The summed E-state index contributed by atoms with van der Waals surface area (Å²) in [6.45, 7) is 1.47. The minimum absolute atomic E-state index is 0.111. The third-order valence-electron chi connectivity index (χ3n) is 4.11. The maximum absolute atomic E-state index is 13.4. The van der Waals surface area contributed by atoms with Crippen LogP contribution < -0.4 is 10.6 Å². The fourth-order valence-corrected chi connectivity index (χ4v) is 2.85. The number of benzene rings is 1. The van der Waals surface area contributed by atoms with E-state index in [4.69, 9.17) is 0 Å². The first-order chi connectivity index (χ1) is 12.6. The Morgan fingerprint density at radius 3 is 2.85 bits per heavy atom. The number of aromatic amines is 1. The molecule has 1 aromatic carbocycles. The quantitative estimate of drug-likeness (QED) is 0.662. The predicted octanol–water partition coefficient (Wildman–Crippen LogP) is 1.96. The number of hydrogen-bond acceptors (Lipinski definition) is 6. The SMILES string of the molecule is Cc1nc(Nc2nc(-c3ccccc3CF)nc3c2CNC(=O)C3)n[nH]1. The molecule has 3 aromatic rings. The Balaban J connectivity index is 1.84. The van der Waals surface area contributed by atoms with E-state index in [-0.39, 0.29) is 12.3 Å². The smallest absolute Gasteiger partial charge is 0.247 e. The first kappa shape index (κ1) is 16.1. The number of hydrogen-bond donors (Lipinski definition) is 3. The van der Waals surface area contributed by atoms with E-state index >= 15 is 0 Å². The second-order valence-corrected chi connectivity index (χ2v) is 5.93. The molecule has 1 aliphatic rings. The topological polar surface area (TPSA) is 108 Å². The largest absolute Gasteiger partial charge is 0.351 e. The molecule has 8 nitrogen and oxygen atoms in total. The van der Waals surface area contributed by atoms with Gasteiger partial charge in [0.25, 0.3) is 0 Å². The van der Waals surface area contributed by atoms with E-state index in [1.165, 1.54) is 0 Å². The number of halogens is 1. The van der Waals surface area contributed by atoms with Crippen molar-refractivity contribution in [2.24, 2.45) is 0 Å². The van der Waals surface area contributed by atoms with Crippen LogP contribution in [0.25, 0.3) is 11.4 Å². The van der Waals surface area contributed by atoms with Gasteiger partial charge in [-0.25, -0.2) is 14.4 Å². The lowest BCUT2D eigenvalue weighted by atomic mass is 10.0. The van der Waals surface area contributed by atoms with Crippen molar-refractivity contribution in [1.29, 1.82) is 0 Å². The fraction of sp³-hybridized carbons (Fsp3) is 0.235. The average molecular weight is 353 g/mol. The molecule has 3 heterocycles. The lowest BCUT2D eigenvalue weighted by Crippen LogP contribution is -2.32. The second kappa shape index (κ2) is 6.51. The first-order valence-corrected chi connectivity index (χ1v) is 8.11. The highest BCUT2D eigenvalue weighted by molar-refractivity contribution is 5.81. The molecule has 9 heteroatoms. The summed E-state index contributed by atoms with van der Waals surface area (Å²) in [5.74, 6) is 1.77. The van der Waals surface area contributed by atoms with Crippen LogP contribution in [-0.4, -0.2) is 31.1 Å². The van der Waals surface area contributed by atoms with Crippen molar-refractivity contribution >= 4 is 17.7 Å². The van der Waals surface area contributed by atoms with Gasteiger partial charge >= 0.3 is 0 Å². The van der Waals surface area contributed by atoms with Gasteiger partial charge in [-0.2, -0.15) is 4.98 Å². The first-order valence-electron chi connectivity index (χ1n) is 8.11. The Morgan fingerprint density at radius 2 is 2.08 bits per heavy atom. The highest BCUT2D eigenvalue weighted by Gasteiger charge is 2.23. The molecule has 3 N–H and O–H groups in total. The molecule has 0 fully saturated rings. The van der Waals surface area contributed by atoms with E-state index in [0.29, 0.717) is 46.8 Å². The Morgan fingerprint density at radius 1 is 1.23 bits per heavy atom. The van der Waals surface area contributed by atoms with E-state index in [1.807, 2.05) is 0 Å². The van der Waals surface area contributed by atoms with Crippen LogP contribution >= 0.6 is 0 Å². The standard InChI is InChI=1S/C17H16FN7O/c1-9-20-17(25-24-9)23-16-12-8-19-14(26)6-13(12)21-15(22-16)11-5-3-2-4-10(11)7-18/h2-5H,6-8H2,1H3,(H,19,26)(H2,20,21,22,23,24,25). The third-order valence-corrected chi connectivity index (χ3v) is 4.11. The Bertz CT molecular complexity index is 985. The highest BCUT2D eigenvalue weighted by atomic mass is 19.1. The Hall–Kier alpha value is -3.36. The predicted molar refractivity (Wildman–Crippen MR) is 92.2 cm³/mol. The number of rotatable bonds is 4. The minimum atomic E-state index is -0.625. The molecule has 0 saturated heterocycles. The molecule has 26 heavy (non-hydrogen) atoms. The summed E-state index contributed by atoms with van der Waals surface area (Å²) < 4.78 is 13.4. The fourth-order valence-electron chi connectivity index (χ4n) is 2.85. The zero-order valence-corrected chi connectivity index (χ0v) is 14.0. The van der Waals surface area contributed by atoms with Gasteiger partial charge < -0.3 is 10.6 Å². The van der Waals surface area contributed by atoms with Crippen molar-refractivity contribution < 1.29 is 9.18 Å². The van der Waals surface area contributed by atoms with E-state index < -0.39 is 6.67 Å². The normalized spacial score (nSPS) is 13.2. The molecular formula is C17H16FN7O. The molecular weight excluding hydrogens is 337 g/mol. The molecule has 0 bridgehead atoms. The summed E-state index contributed by atoms with van der Waals surface area (Å²) >= 11 is 0. The van der Waals surface area contributed by atoms with Crippen LogP contribution in [-0.2, 0) is 24.4 Å². The van der Waals surface area contributed by atoms with Crippen LogP contribution in [0.5, 0.6) is 0 Å². The van der Waals surface area contributed by atoms with Crippen molar-refractivity contribution in [1.82, 2.24) is 30.5 Å². The lowest BCUT2D eigenvalue weighted by molar-refractivity contribution is -0.121. The second-order valence-electron chi connectivity index (χ2n) is 5.93. The number of fused-ring (bicyclic) bond motifs is 1. The number of nitrogens with one attached hydrogen (secondary N) is 3. The number of H-pyrrole nitrogens is 1. The third kappa shape index (κ3) is 2.99. The van der Waals surface area contributed by atoms with Gasteiger partial charge in [-0.1, -0.05) is 24.3 Å². The van der Waals surface area contributed by atoms with E-state index in [0.717, 1.165) is 5.56 Å². The van der Waals surface area contributed by atoms with Crippen LogP contribution in [0.1, 0.15) is 22.6 Å². The monoisotopic (exact) mass is 353 g/mol. The van der Waals surface area contributed by atoms with Crippen molar-refractivity contribution in [3.63, 3.8) is 0 Å². The van der Waals surface area contributed by atoms with Crippen LogP contribution in [0.3, 0.4) is 0 Å². The van der Waals surface area contributed by atoms with Gasteiger partial charge in [0.05, 0.1) is 12.1 Å². The number of carbonyl (C=O) groups is 1. The molecule has 132 valence electrons. The highest BCUT2D eigenvalue weighted by Crippen LogP contribution is 2.28. The Labute approximate surface area is 148 Å². The number of anilines is 2. The van der Waals surface area contributed by atoms with E-state index in [2.05, 4.69) is 35.8 Å². The molecule has 0 aliphatic carbocycles. The molecule has 0 saturated carbocycles. The zero-order valence-electron chi connectivity index (χ0n) is 14.0. The average Bonchev–Trinajstić information content (AvgIpc) is 3.06. The molecule has 1 amide bonds. The van der Waals surface area contributed by atoms with Gasteiger partial charge in [0.2, 0.25) is 11.9 Å².